The second-order valence-electron chi connectivity index (χ2n) is 8.45. The van der Waals surface area contributed by atoms with Gasteiger partial charge in [0.15, 0.2) is 11.5 Å². The van der Waals surface area contributed by atoms with E-state index in [1.165, 1.54) is 0 Å². The molecule has 0 bridgehead atoms. The van der Waals surface area contributed by atoms with Gasteiger partial charge in [-0.2, -0.15) is 5.26 Å². The van der Waals surface area contributed by atoms with Crippen LogP contribution in [-0.2, 0) is 13.1 Å². The van der Waals surface area contributed by atoms with E-state index in [9.17, 15) is 15.2 Å². The van der Waals surface area contributed by atoms with Crippen LogP contribution in [-0.4, -0.2) is 37.1 Å². The Labute approximate surface area is 196 Å². The molecule has 2 aromatic heterocycles. The molecule has 1 aliphatic rings. The number of nitriles is 1. The van der Waals surface area contributed by atoms with E-state index >= 15 is 0 Å². The van der Waals surface area contributed by atoms with Gasteiger partial charge in [0.2, 0.25) is 0 Å². The quantitative estimate of drug-likeness (QED) is 0.467. The molecule has 1 aliphatic heterocycles. The SMILES string of the molecule is Cc1cc([C@@H](C)Nc2ccccc2C(=O)O)c2nc(N3CCn4cncc4C3)c(C#N)nc2c1. The molecule has 9 heteroatoms. The summed E-state index contributed by atoms with van der Waals surface area (Å²) in [5, 5.41) is 22.7. The first-order chi connectivity index (χ1) is 16.4. The molecule has 0 amide bonds. The summed E-state index contributed by atoms with van der Waals surface area (Å²) in [6, 6.07) is 12.7. The van der Waals surface area contributed by atoms with Crippen molar-refractivity contribution >= 4 is 28.5 Å². The molecule has 0 saturated carbocycles. The molecular formula is C25H23N7O2. The van der Waals surface area contributed by atoms with Crippen molar-refractivity contribution in [3.63, 3.8) is 0 Å². The Morgan fingerprint density at radius 1 is 1.24 bits per heavy atom. The number of nitrogens with one attached hydrogen (secondary N) is 1. The van der Waals surface area contributed by atoms with Crippen molar-refractivity contribution in [2.75, 3.05) is 16.8 Å². The molecule has 9 nitrogen and oxygen atoms in total. The third kappa shape index (κ3) is 3.79. The zero-order valence-electron chi connectivity index (χ0n) is 18.9. The van der Waals surface area contributed by atoms with E-state index < -0.39 is 5.97 Å². The van der Waals surface area contributed by atoms with Crippen LogP contribution in [0.5, 0.6) is 0 Å². The number of anilines is 2. The van der Waals surface area contributed by atoms with Crippen molar-refractivity contribution in [3.8, 4) is 6.07 Å². The first-order valence-electron chi connectivity index (χ1n) is 11.0. The maximum Gasteiger partial charge on any atom is 0.337 e. The Bertz CT molecular complexity index is 1450. The highest BCUT2D eigenvalue weighted by Gasteiger charge is 2.23. The number of aromatic nitrogens is 4. The van der Waals surface area contributed by atoms with Gasteiger partial charge in [-0.3, -0.25) is 0 Å². The third-order valence-corrected chi connectivity index (χ3v) is 6.09. The fourth-order valence-corrected chi connectivity index (χ4v) is 4.42. The highest BCUT2D eigenvalue weighted by atomic mass is 16.4. The Morgan fingerprint density at radius 3 is 2.85 bits per heavy atom. The number of aryl methyl sites for hydroxylation is 1. The van der Waals surface area contributed by atoms with Gasteiger partial charge in [-0.1, -0.05) is 18.2 Å². The summed E-state index contributed by atoms with van der Waals surface area (Å²) >= 11 is 0. The zero-order chi connectivity index (χ0) is 23.8. The van der Waals surface area contributed by atoms with Crippen LogP contribution in [0, 0.1) is 18.3 Å². The van der Waals surface area contributed by atoms with Crippen LogP contribution in [0.25, 0.3) is 11.0 Å². The van der Waals surface area contributed by atoms with E-state index in [0.29, 0.717) is 35.6 Å². The van der Waals surface area contributed by atoms with Gasteiger partial charge in [0.25, 0.3) is 0 Å². The summed E-state index contributed by atoms with van der Waals surface area (Å²) in [6.45, 7) is 5.97. The number of benzene rings is 2. The topological polar surface area (TPSA) is 120 Å². The van der Waals surface area contributed by atoms with Crippen molar-refractivity contribution < 1.29 is 9.90 Å². The molecule has 1 atom stereocenters. The lowest BCUT2D eigenvalue weighted by Crippen LogP contribution is -2.34. The fraction of sp³-hybridized carbons (Fsp3) is 0.240. The van der Waals surface area contributed by atoms with E-state index in [-0.39, 0.29) is 17.3 Å². The van der Waals surface area contributed by atoms with Gasteiger partial charge in [0.05, 0.1) is 41.2 Å². The van der Waals surface area contributed by atoms with E-state index in [2.05, 4.69) is 30.8 Å². The molecule has 0 aliphatic carbocycles. The predicted molar refractivity (Wildman–Crippen MR) is 128 cm³/mol. The van der Waals surface area contributed by atoms with Gasteiger partial charge < -0.3 is 19.9 Å². The highest BCUT2D eigenvalue weighted by Crippen LogP contribution is 2.31. The van der Waals surface area contributed by atoms with E-state index in [0.717, 1.165) is 23.4 Å². The van der Waals surface area contributed by atoms with Crippen molar-refractivity contribution in [3.05, 3.63) is 77.0 Å². The second-order valence-corrected chi connectivity index (χ2v) is 8.45. The smallest absolute Gasteiger partial charge is 0.337 e. The number of imidazole rings is 1. The summed E-state index contributed by atoms with van der Waals surface area (Å²) in [4.78, 5) is 27.5. The lowest BCUT2D eigenvalue weighted by Gasteiger charge is -2.29. The molecule has 0 radical (unpaired) electrons. The molecule has 0 spiro atoms. The summed E-state index contributed by atoms with van der Waals surface area (Å²) in [5.74, 6) is -0.444. The highest BCUT2D eigenvalue weighted by molar-refractivity contribution is 5.94. The molecule has 2 aromatic carbocycles. The van der Waals surface area contributed by atoms with Gasteiger partial charge in [-0.05, 0) is 37.6 Å². The number of para-hydroxylation sites is 1. The van der Waals surface area contributed by atoms with Gasteiger partial charge in [-0.15, -0.1) is 0 Å². The van der Waals surface area contributed by atoms with Crippen molar-refractivity contribution in [2.24, 2.45) is 0 Å². The Kier molecular flexibility index (Phi) is 5.34. The Hall–Kier alpha value is -4.45. The maximum atomic E-state index is 11.7. The minimum atomic E-state index is -0.991. The van der Waals surface area contributed by atoms with E-state index in [1.54, 1.807) is 24.3 Å². The number of fused-ring (bicyclic) bond motifs is 2. The number of nitrogens with zero attached hydrogens (tertiary/aromatic N) is 6. The van der Waals surface area contributed by atoms with Crippen LogP contribution in [0.1, 0.15) is 45.8 Å². The average molecular weight is 454 g/mol. The number of carboxylic acid groups (broad SMARTS) is 1. The lowest BCUT2D eigenvalue weighted by atomic mass is 10.0. The average Bonchev–Trinajstić information content (AvgIpc) is 3.30. The van der Waals surface area contributed by atoms with E-state index in [4.69, 9.17) is 4.98 Å². The number of hydrogen-bond acceptors (Lipinski definition) is 7. The molecule has 0 unspecified atom stereocenters. The molecular weight excluding hydrogens is 430 g/mol. The number of carbonyl (C=O) groups is 1. The monoisotopic (exact) mass is 453 g/mol. The predicted octanol–water partition coefficient (Wildman–Crippen LogP) is 3.90. The van der Waals surface area contributed by atoms with Crippen LogP contribution in [0.2, 0.25) is 0 Å². The van der Waals surface area contributed by atoms with Crippen molar-refractivity contribution in [1.29, 1.82) is 5.26 Å². The van der Waals surface area contributed by atoms with Gasteiger partial charge in [0, 0.05) is 30.5 Å². The molecule has 4 aromatic rings. The number of hydrogen-bond donors (Lipinski definition) is 2. The fourth-order valence-electron chi connectivity index (χ4n) is 4.42. The van der Waals surface area contributed by atoms with Crippen molar-refractivity contribution in [1.82, 2.24) is 19.5 Å². The first-order valence-corrected chi connectivity index (χ1v) is 11.0. The van der Waals surface area contributed by atoms with Crippen molar-refractivity contribution in [2.45, 2.75) is 33.0 Å². The molecule has 5 rings (SSSR count). The largest absolute Gasteiger partial charge is 0.478 e. The minimum absolute atomic E-state index is 0.203. The minimum Gasteiger partial charge on any atom is -0.478 e. The lowest BCUT2D eigenvalue weighted by molar-refractivity contribution is 0.0698. The van der Waals surface area contributed by atoms with Crippen LogP contribution in [0.15, 0.2) is 48.9 Å². The van der Waals surface area contributed by atoms with Crippen LogP contribution in [0.3, 0.4) is 0 Å². The van der Waals surface area contributed by atoms with E-state index in [1.807, 2.05) is 38.5 Å². The number of rotatable bonds is 5. The maximum absolute atomic E-state index is 11.7. The molecule has 0 fully saturated rings. The van der Waals surface area contributed by atoms with Crippen LogP contribution >= 0.6 is 0 Å². The number of carboxylic acids is 1. The summed E-state index contributed by atoms with van der Waals surface area (Å²) in [6.07, 6.45) is 3.64. The standard InChI is InChI=1S/C25H23N7O2/c1-15-9-19(16(2)28-20-6-4-3-5-18(20)25(33)34)23-21(10-15)29-22(11-26)24(30-23)31-7-8-32-14-27-12-17(32)13-31/h3-6,9-10,12,14,16,28H,7-8,13H2,1-2H3,(H,33,34)/t16-/m1/s1. The summed E-state index contributed by atoms with van der Waals surface area (Å²) in [5.41, 5.74) is 5.27. The zero-order valence-corrected chi connectivity index (χ0v) is 18.9. The number of aromatic carboxylic acids is 1. The van der Waals surface area contributed by atoms with Crippen LogP contribution < -0.4 is 10.2 Å². The molecule has 0 saturated heterocycles. The Morgan fingerprint density at radius 2 is 2.06 bits per heavy atom. The molecule has 170 valence electrons. The molecule has 2 N–H and O–H groups in total. The van der Waals surface area contributed by atoms with Crippen LogP contribution in [0.4, 0.5) is 11.5 Å². The summed E-state index contributed by atoms with van der Waals surface area (Å²) in [7, 11) is 0. The molecule has 3 heterocycles. The summed E-state index contributed by atoms with van der Waals surface area (Å²) < 4.78 is 2.09. The first kappa shape index (κ1) is 21.4. The van der Waals surface area contributed by atoms with Gasteiger partial charge in [-0.25, -0.2) is 19.7 Å². The second kappa shape index (κ2) is 8.48. The third-order valence-electron chi connectivity index (χ3n) is 6.09. The van der Waals surface area contributed by atoms with Gasteiger partial charge in [0.1, 0.15) is 6.07 Å². The normalized spacial score (nSPS) is 13.9. The molecule has 34 heavy (non-hydrogen) atoms. The Balaban J connectivity index is 1.58. The van der Waals surface area contributed by atoms with Gasteiger partial charge >= 0.3 is 5.97 Å².